The number of unbranched alkanes of at least 4 members (excludes halogenated alkanes) is 1. The van der Waals surface area contributed by atoms with Crippen LogP contribution in [0.4, 0.5) is 5.82 Å². The van der Waals surface area contributed by atoms with E-state index >= 15 is 0 Å². The predicted octanol–water partition coefficient (Wildman–Crippen LogP) is 1.01. The van der Waals surface area contributed by atoms with Crippen LogP contribution < -0.4 is 5.73 Å². The summed E-state index contributed by atoms with van der Waals surface area (Å²) in [7, 11) is 0. The first-order chi connectivity index (χ1) is 6.75. The van der Waals surface area contributed by atoms with Crippen molar-refractivity contribution in [2.45, 2.75) is 19.3 Å². The molecule has 4 nitrogen and oxygen atoms in total. The number of aliphatic hydroxyl groups excluding tert-OH is 1. The summed E-state index contributed by atoms with van der Waals surface area (Å²) < 4.78 is 0. The number of aliphatic hydroxyl groups is 1. The molecule has 0 aromatic carbocycles. The maximum Gasteiger partial charge on any atom is 0.166 e. The van der Waals surface area contributed by atoms with Crippen molar-refractivity contribution in [2.24, 2.45) is 0 Å². The van der Waals surface area contributed by atoms with Gasteiger partial charge in [-0.1, -0.05) is 0 Å². The Morgan fingerprint density at radius 1 is 1.50 bits per heavy atom. The lowest BCUT2D eigenvalue weighted by Gasteiger charge is -2.02. The lowest BCUT2D eigenvalue weighted by Crippen LogP contribution is -2.05. The van der Waals surface area contributed by atoms with Crippen molar-refractivity contribution in [1.29, 1.82) is 0 Å². The Hall–Kier alpha value is -1.42. The minimum atomic E-state index is -0.0101. The third-order valence-corrected chi connectivity index (χ3v) is 1.95. The van der Waals surface area contributed by atoms with Gasteiger partial charge in [0.15, 0.2) is 5.78 Å². The molecule has 76 valence electrons. The largest absolute Gasteiger partial charge is 0.396 e. The molecule has 0 aliphatic heterocycles. The molecular weight excluding hydrogens is 180 g/mol. The minimum Gasteiger partial charge on any atom is -0.396 e. The lowest BCUT2D eigenvalue weighted by molar-refractivity contribution is 0.0978. The van der Waals surface area contributed by atoms with E-state index in [1.54, 1.807) is 18.3 Å². The van der Waals surface area contributed by atoms with Gasteiger partial charge >= 0.3 is 0 Å². The highest BCUT2D eigenvalue weighted by molar-refractivity contribution is 5.99. The number of carbonyl (C=O) groups is 1. The first-order valence-corrected chi connectivity index (χ1v) is 4.60. The van der Waals surface area contributed by atoms with Crippen LogP contribution in [0.5, 0.6) is 0 Å². The quantitative estimate of drug-likeness (QED) is 0.541. The second-order valence-electron chi connectivity index (χ2n) is 3.04. The first-order valence-electron chi connectivity index (χ1n) is 4.60. The highest BCUT2D eigenvalue weighted by Crippen LogP contribution is 2.11. The number of nitrogens with two attached hydrogens (primary N) is 1. The van der Waals surface area contributed by atoms with Crippen LogP contribution in [0.15, 0.2) is 18.3 Å². The van der Waals surface area contributed by atoms with Gasteiger partial charge in [-0.15, -0.1) is 0 Å². The Morgan fingerprint density at radius 2 is 2.29 bits per heavy atom. The summed E-state index contributed by atoms with van der Waals surface area (Å²) in [5, 5.41) is 8.56. The molecule has 14 heavy (non-hydrogen) atoms. The van der Waals surface area contributed by atoms with Gasteiger partial charge < -0.3 is 10.8 Å². The number of ketones is 1. The van der Waals surface area contributed by atoms with Crippen LogP contribution in [0.3, 0.4) is 0 Å². The van der Waals surface area contributed by atoms with Crippen LogP contribution in [0.1, 0.15) is 29.6 Å². The molecule has 0 bridgehead atoms. The molecule has 0 atom stereocenters. The number of Topliss-reactive ketones (excluding diaryl/α,β-unsaturated/α-hetero) is 1. The summed E-state index contributed by atoms with van der Waals surface area (Å²) >= 11 is 0. The van der Waals surface area contributed by atoms with Crippen LogP contribution in [-0.2, 0) is 0 Å². The Morgan fingerprint density at radius 3 is 2.93 bits per heavy atom. The third-order valence-electron chi connectivity index (χ3n) is 1.95. The van der Waals surface area contributed by atoms with Crippen molar-refractivity contribution >= 4 is 11.6 Å². The summed E-state index contributed by atoms with van der Waals surface area (Å²) in [6, 6.07) is 3.36. The van der Waals surface area contributed by atoms with Crippen molar-refractivity contribution in [3.8, 4) is 0 Å². The molecule has 1 aromatic heterocycles. The average molecular weight is 194 g/mol. The average Bonchev–Trinajstić information content (AvgIpc) is 2.18. The zero-order valence-electron chi connectivity index (χ0n) is 7.94. The minimum absolute atomic E-state index is 0.0101. The number of aromatic nitrogens is 1. The Kier molecular flexibility index (Phi) is 4.07. The molecule has 1 aromatic rings. The zero-order chi connectivity index (χ0) is 10.4. The summed E-state index contributed by atoms with van der Waals surface area (Å²) in [6.45, 7) is 0.121. The van der Waals surface area contributed by atoms with Gasteiger partial charge in [0.1, 0.15) is 5.82 Å². The number of anilines is 1. The summed E-state index contributed by atoms with van der Waals surface area (Å²) in [6.07, 6.45) is 3.30. The molecule has 0 spiro atoms. The van der Waals surface area contributed by atoms with Crippen LogP contribution in [0.2, 0.25) is 0 Å². The molecule has 1 heterocycles. The Balaban J connectivity index is 2.56. The molecule has 0 saturated heterocycles. The van der Waals surface area contributed by atoms with E-state index in [1.807, 2.05) is 0 Å². The molecule has 0 amide bonds. The van der Waals surface area contributed by atoms with Gasteiger partial charge in [0.2, 0.25) is 0 Å². The third kappa shape index (κ3) is 2.81. The SMILES string of the molecule is Nc1ncccc1C(=O)CCCCO. The highest BCUT2D eigenvalue weighted by Gasteiger charge is 2.08. The number of pyridine rings is 1. The molecular formula is C10H14N2O2. The van der Waals surface area contributed by atoms with E-state index in [4.69, 9.17) is 10.8 Å². The predicted molar refractivity (Wildman–Crippen MR) is 53.9 cm³/mol. The first kappa shape index (κ1) is 10.7. The number of rotatable bonds is 5. The second kappa shape index (κ2) is 5.34. The summed E-state index contributed by atoms with van der Waals surface area (Å²) in [5.41, 5.74) is 6.02. The van der Waals surface area contributed by atoms with Crippen molar-refractivity contribution in [3.05, 3.63) is 23.9 Å². The number of hydrogen-bond donors (Lipinski definition) is 2. The van der Waals surface area contributed by atoms with Gasteiger partial charge in [-0.2, -0.15) is 0 Å². The fourth-order valence-electron chi connectivity index (χ4n) is 1.19. The second-order valence-corrected chi connectivity index (χ2v) is 3.04. The number of hydrogen-bond acceptors (Lipinski definition) is 4. The highest BCUT2D eigenvalue weighted by atomic mass is 16.2. The zero-order valence-corrected chi connectivity index (χ0v) is 7.94. The van der Waals surface area contributed by atoms with Gasteiger partial charge in [-0.25, -0.2) is 4.98 Å². The number of nitrogens with zero attached hydrogens (tertiary/aromatic N) is 1. The van der Waals surface area contributed by atoms with Crippen LogP contribution >= 0.6 is 0 Å². The van der Waals surface area contributed by atoms with E-state index in [0.29, 0.717) is 24.8 Å². The smallest absolute Gasteiger partial charge is 0.166 e. The molecule has 0 radical (unpaired) electrons. The van der Waals surface area contributed by atoms with Crippen LogP contribution in [0.25, 0.3) is 0 Å². The molecule has 0 fully saturated rings. The van der Waals surface area contributed by atoms with Gasteiger partial charge in [0.25, 0.3) is 0 Å². The molecule has 0 aliphatic rings. The fourth-order valence-corrected chi connectivity index (χ4v) is 1.19. The molecule has 1 rings (SSSR count). The maximum atomic E-state index is 11.5. The van der Waals surface area contributed by atoms with Gasteiger partial charge in [-0.05, 0) is 25.0 Å². The molecule has 4 heteroatoms. The normalized spacial score (nSPS) is 10.1. The van der Waals surface area contributed by atoms with Gasteiger partial charge in [0.05, 0.1) is 5.56 Å². The monoisotopic (exact) mass is 194 g/mol. The molecule has 0 aliphatic carbocycles. The van der Waals surface area contributed by atoms with E-state index in [9.17, 15) is 4.79 Å². The van der Waals surface area contributed by atoms with Crippen molar-refractivity contribution in [1.82, 2.24) is 4.98 Å². The Bertz CT molecular complexity index is 313. The lowest BCUT2D eigenvalue weighted by atomic mass is 10.1. The van der Waals surface area contributed by atoms with E-state index in [-0.39, 0.29) is 18.2 Å². The molecule has 0 unspecified atom stereocenters. The van der Waals surface area contributed by atoms with Gasteiger partial charge in [-0.3, -0.25) is 4.79 Å². The summed E-state index contributed by atoms with van der Waals surface area (Å²) in [5.74, 6) is 0.269. The standard InChI is InChI=1S/C10H14N2O2/c11-10-8(4-3-6-12-10)9(14)5-1-2-7-13/h3-4,6,13H,1-2,5,7H2,(H2,11,12). The molecule has 0 saturated carbocycles. The van der Waals surface area contributed by atoms with E-state index in [1.165, 1.54) is 0 Å². The van der Waals surface area contributed by atoms with Crippen LogP contribution in [-0.4, -0.2) is 22.5 Å². The fraction of sp³-hybridized carbons (Fsp3) is 0.400. The van der Waals surface area contributed by atoms with Crippen LogP contribution in [0, 0.1) is 0 Å². The van der Waals surface area contributed by atoms with Gasteiger partial charge in [0, 0.05) is 19.2 Å². The summed E-state index contributed by atoms with van der Waals surface area (Å²) in [4.78, 5) is 15.4. The molecule has 3 N–H and O–H groups in total. The van der Waals surface area contributed by atoms with Crippen molar-refractivity contribution < 1.29 is 9.90 Å². The number of nitrogen functional groups attached to an aromatic ring is 1. The maximum absolute atomic E-state index is 11.5. The van der Waals surface area contributed by atoms with Crippen molar-refractivity contribution in [3.63, 3.8) is 0 Å². The topological polar surface area (TPSA) is 76.2 Å². The van der Waals surface area contributed by atoms with E-state index < -0.39 is 0 Å². The van der Waals surface area contributed by atoms with Crippen molar-refractivity contribution in [2.75, 3.05) is 12.3 Å². The Labute approximate surface area is 82.8 Å². The van der Waals surface area contributed by atoms with E-state index in [0.717, 1.165) is 0 Å². The van der Waals surface area contributed by atoms with E-state index in [2.05, 4.69) is 4.98 Å². The number of carbonyl (C=O) groups excluding carboxylic acids is 1.